The van der Waals surface area contributed by atoms with E-state index in [4.69, 9.17) is 10.2 Å². The fraction of sp³-hybridized carbons (Fsp3) is 0.667. The van der Waals surface area contributed by atoms with Gasteiger partial charge in [0, 0.05) is 6.42 Å². The molecule has 0 saturated carbocycles. The number of amides is 1. The molecule has 0 bridgehead atoms. The summed E-state index contributed by atoms with van der Waals surface area (Å²) in [6.07, 6.45) is 5.71. The Hall–Kier alpha value is -1.33. The molecular weight excluding hydrogens is 311 g/mol. The van der Waals surface area contributed by atoms with Crippen LogP contribution in [0.15, 0.2) is 12.2 Å². The Bertz CT molecular complexity index is 412. The Morgan fingerprint density at radius 3 is 2.33 bits per heavy atom. The van der Waals surface area contributed by atoms with Gasteiger partial charge >= 0.3 is 24.8 Å². The number of carboxylic acids is 2. The number of aliphatic hydroxyl groups is 1. The van der Waals surface area contributed by atoms with Gasteiger partial charge in [0.05, 0.1) is 25.7 Å². The Labute approximate surface area is 154 Å². The molecule has 1 amide bonds. The van der Waals surface area contributed by atoms with Gasteiger partial charge in [-0.1, -0.05) is 19.1 Å². The largest absolute Gasteiger partial charge is 1.00 e. The zero-order chi connectivity index (χ0) is 17.7. The summed E-state index contributed by atoms with van der Waals surface area (Å²) in [5.74, 6) is -2.75. The smallest absolute Gasteiger partial charge is 0.544 e. The van der Waals surface area contributed by atoms with E-state index >= 15 is 0 Å². The molecule has 0 aliphatic rings. The zero-order valence-electron chi connectivity index (χ0n) is 14.5. The Kier molecular flexibility index (Phi) is 14.6. The maximum atomic E-state index is 11.6. The van der Waals surface area contributed by atoms with Crippen LogP contribution in [0.5, 0.6) is 0 Å². The summed E-state index contributed by atoms with van der Waals surface area (Å²) in [4.78, 5) is 33.5. The minimum absolute atomic E-state index is 0. The molecule has 8 nitrogen and oxygen atoms in total. The number of aliphatic carboxylic acids is 2. The molecule has 0 radical (unpaired) electrons. The normalized spacial score (nSPS) is 13.1. The maximum absolute atomic E-state index is 11.6. The Morgan fingerprint density at radius 1 is 1.17 bits per heavy atom. The molecule has 1 atom stereocenters. The van der Waals surface area contributed by atoms with E-state index in [0.29, 0.717) is 12.8 Å². The van der Waals surface area contributed by atoms with Crippen molar-refractivity contribution in [3.05, 3.63) is 12.2 Å². The van der Waals surface area contributed by atoms with E-state index in [1.807, 2.05) is 19.1 Å². The molecule has 0 saturated heterocycles. The minimum atomic E-state index is -1.39. The first-order valence-electron chi connectivity index (χ1n) is 7.64. The number of nitrogens with one attached hydrogen (secondary N) is 1. The Balaban J connectivity index is 0. The number of allylic oxidation sites excluding steroid dienone is 2. The van der Waals surface area contributed by atoms with E-state index in [1.54, 1.807) is 0 Å². The molecule has 0 aliphatic carbocycles. The minimum Gasteiger partial charge on any atom is -0.544 e. The van der Waals surface area contributed by atoms with Crippen LogP contribution in [0.3, 0.4) is 0 Å². The third-order valence-electron chi connectivity index (χ3n) is 3.36. The van der Waals surface area contributed by atoms with Crippen LogP contribution >= 0.6 is 0 Å². The second-order valence-electron chi connectivity index (χ2n) is 5.36. The summed E-state index contributed by atoms with van der Waals surface area (Å²) in [6.45, 7) is 0.862. The summed E-state index contributed by atoms with van der Waals surface area (Å²) in [7, 11) is 0. The van der Waals surface area contributed by atoms with Crippen LogP contribution in [0, 0.1) is 0 Å². The SMILES string of the molecule is CC/C=C/CCC(=O)NCC[N+](CCO)(CC(=O)[O-])CC(=O)O.[Li+]. The molecule has 3 N–H and O–H groups in total. The number of quaternary nitrogens is 1. The molecule has 1 unspecified atom stereocenters. The molecule has 0 spiro atoms. The summed E-state index contributed by atoms with van der Waals surface area (Å²) in [5.41, 5.74) is 0. The van der Waals surface area contributed by atoms with Crippen LogP contribution < -0.4 is 29.3 Å². The van der Waals surface area contributed by atoms with Crippen molar-refractivity contribution in [2.24, 2.45) is 0 Å². The number of rotatable bonds is 13. The first-order chi connectivity index (χ1) is 10.8. The maximum Gasteiger partial charge on any atom is 1.00 e. The average Bonchev–Trinajstić information content (AvgIpc) is 2.42. The topological polar surface area (TPSA) is 127 Å². The van der Waals surface area contributed by atoms with Gasteiger partial charge in [-0.05, 0) is 12.8 Å². The van der Waals surface area contributed by atoms with Crippen molar-refractivity contribution in [1.29, 1.82) is 0 Å². The van der Waals surface area contributed by atoms with Crippen LogP contribution in [0.1, 0.15) is 26.2 Å². The van der Waals surface area contributed by atoms with Gasteiger partial charge in [0.2, 0.25) is 5.91 Å². The molecule has 0 aromatic carbocycles. The van der Waals surface area contributed by atoms with Gasteiger partial charge in [-0.25, -0.2) is 4.79 Å². The van der Waals surface area contributed by atoms with Gasteiger partial charge in [-0.2, -0.15) is 0 Å². The molecular formula is C15H26LiN2O6+. The van der Waals surface area contributed by atoms with E-state index < -0.39 is 25.0 Å². The van der Waals surface area contributed by atoms with Crippen molar-refractivity contribution in [3.63, 3.8) is 0 Å². The second-order valence-corrected chi connectivity index (χ2v) is 5.36. The summed E-state index contributed by atoms with van der Waals surface area (Å²) >= 11 is 0. The third-order valence-corrected chi connectivity index (χ3v) is 3.36. The van der Waals surface area contributed by atoms with Crippen molar-refractivity contribution < 1.29 is 53.0 Å². The molecule has 0 aromatic heterocycles. The van der Waals surface area contributed by atoms with Crippen molar-refractivity contribution in [3.8, 4) is 0 Å². The van der Waals surface area contributed by atoms with E-state index in [0.717, 1.165) is 6.42 Å². The molecule has 0 fully saturated rings. The van der Waals surface area contributed by atoms with Gasteiger partial charge in [-0.3, -0.25) is 4.79 Å². The fourth-order valence-electron chi connectivity index (χ4n) is 2.28. The Morgan fingerprint density at radius 2 is 1.83 bits per heavy atom. The average molecular weight is 337 g/mol. The number of nitrogens with zero attached hydrogens (tertiary/aromatic N) is 1. The van der Waals surface area contributed by atoms with Crippen LogP contribution in [0.25, 0.3) is 0 Å². The van der Waals surface area contributed by atoms with Crippen molar-refractivity contribution in [1.82, 2.24) is 5.32 Å². The molecule has 0 rings (SSSR count). The monoisotopic (exact) mass is 337 g/mol. The van der Waals surface area contributed by atoms with Crippen molar-refractivity contribution >= 4 is 17.8 Å². The van der Waals surface area contributed by atoms with Crippen LogP contribution in [-0.2, 0) is 14.4 Å². The predicted molar refractivity (Wildman–Crippen MR) is 81.1 cm³/mol. The first-order valence-corrected chi connectivity index (χ1v) is 7.64. The van der Waals surface area contributed by atoms with E-state index in [-0.39, 0.29) is 55.5 Å². The van der Waals surface area contributed by atoms with Gasteiger partial charge < -0.3 is 29.9 Å². The third kappa shape index (κ3) is 12.1. The molecule has 132 valence electrons. The summed E-state index contributed by atoms with van der Waals surface area (Å²) < 4.78 is -0.371. The number of hydrogen-bond donors (Lipinski definition) is 3. The number of aliphatic hydroxyl groups excluding tert-OH is 1. The molecule has 24 heavy (non-hydrogen) atoms. The van der Waals surface area contributed by atoms with Crippen molar-refractivity contribution in [2.75, 3.05) is 39.3 Å². The molecule has 0 aliphatic heterocycles. The van der Waals surface area contributed by atoms with Crippen LogP contribution in [0.4, 0.5) is 0 Å². The van der Waals surface area contributed by atoms with Crippen LogP contribution in [0.2, 0.25) is 0 Å². The fourth-order valence-corrected chi connectivity index (χ4v) is 2.28. The number of hydrogen-bond acceptors (Lipinski definition) is 5. The molecule has 0 heterocycles. The standard InChI is InChI=1S/C15H26N2O6.Li/c1-2-3-4-5-6-13(19)16-7-8-17(9-10-18,11-14(20)21)12-15(22)23;/h3-4,18H,2,5-12H2,1H3,(H2-,16,19,20,21,22,23);/q;+1/b4-3+;. The van der Waals surface area contributed by atoms with Gasteiger partial charge in [0.25, 0.3) is 0 Å². The molecule has 9 heteroatoms. The van der Waals surface area contributed by atoms with Gasteiger partial charge in [0.15, 0.2) is 6.54 Å². The second kappa shape index (κ2) is 14.0. The van der Waals surface area contributed by atoms with Crippen LogP contribution in [-0.4, -0.2) is 71.9 Å². The molecule has 0 aromatic rings. The number of carbonyl (C=O) groups is 3. The number of carbonyl (C=O) groups excluding carboxylic acids is 2. The van der Waals surface area contributed by atoms with Gasteiger partial charge in [-0.15, -0.1) is 0 Å². The summed E-state index contributed by atoms with van der Waals surface area (Å²) in [6, 6.07) is 0. The zero-order valence-corrected chi connectivity index (χ0v) is 14.5. The van der Waals surface area contributed by atoms with E-state index in [9.17, 15) is 19.5 Å². The van der Waals surface area contributed by atoms with Crippen molar-refractivity contribution in [2.45, 2.75) is 26.2 Å². The predicted octanol–water partition coefficient (Wildman–Crippen LogP) is -4.50. The number of carboxylic acid groups (broad SMARTS) is 2. The van der Waals surface area contributed by atoms with E-state index in [1.165, 1.54) is 0 Å². The van der Waals surface area contributed by atoms with Gasteiger partial charge in [0.1, 0.15) is 13.1 Å². The van der Waals surface area contributed by atoms with E-state index in [2.05, 4.69) is 5.32 Å². The summed E-state index contributed by atoms with van der Waals surface area (Å²) in [5, 5.41) is 31.6. The first kappa shape index (κ1) is 24.9. The quantitative estimate of drug-likeness (QED) is 0.177.